The normalized spacial score (nSPS) is 24.4. The molecule has 0 radical (unpaired) electrons. The van der Waals surface area contributed by atoms with Crippen LogP contribution in [0, 0.1) is 4.77 Å². The number of hydrogen-bond acceptors (Lipinski definition) is 15. The SMILES string of the molecule is COC(=O)OCOP(=O)(OCOC(=O)OC)OC[C@H]1O[C@@H](n2ccc(=O)[nH]c2=S)C(C)(O)[C@H]1O. The summed E-state index contributed by atoms with van der Waals surface area (Å²) < 4.78 is 51.6. The van der Waals surface area contributed by atoms with E-state index in [1.165, 1.54) is 17.7 Å². The van der Waals surface area contributed by atoms with E-state index in [1.807, 2.05) is 0 Å². The number of hydrogen-bond donors (Lipinski definition) is 3. The monoisotopic (exact) mass is 530 g/mol. The van der Waals surface area contributed by atoms with Crippen molar-refractivity contribution in [1.82, 2.24) is 9.55 Å². The molecule has 1 fully saturated rings. The number of ether oxygens (including phenoxy) is 5. The van der Waals surface area contributed by atoms with Crippen LogP contribution < -0.4 is 5.56 Å². The van der Waals surface area contributed by atoms with Gasteiger partial charge in [0, 0.05) is 12.3 Å². The molecule has 0 aliphatic carbocycles. The van der Waals surface area contributed by atoms with Gasteiger partial charge in [-0.15, -0.1) is 0 Å². The van der Waals surface area contributed by atoms with Crippen LogP contribution >= 0.6 is 20.0 Å². The number of rotatable bonds is 10. The lowest BCUT2D eigenvalue weighted by atomic mass is 9.96. The zero-order valence-electron chi connectivity index (χ0n) is 18.1. The molecule has 1 saturated heterocycles. The Morgan fingerprint density at radius 3 is 2.26 bits per heavy atom. The molecule has 2 rings (SSSR count). The number of carbonyl (C=O) groups is 2. The summed E-state index contributed by atoms with van der Waals surface area (Å²) in [7, 11) is -2.55. The van der Waals surface area contributed by atoms with Gasteiger partial charge in [-0.25, -0.2) is 23.2 Å². The van der Waals surface area contributed by atoms with Gasteiger partial charge >= 0.3 is 20.1 Å². The van der Waals surface area contributed by atoms with E-state index in [0.29, 0.717) is 0 Å². The van der Waals surface area contributed by atoms with Crippen molar-refractivity contribution in [3.05, 3.63) is 27.4 Å². The maximum atomic E-state index is 12.8. The zero-order valence-corrected chi connectivity index (χ0v) is 19.8. The van der Waals surface area contributed by atoms with E-state index in [9.17, 15) is 29.2 Å². The minimum atomic E-state index is -4.59. The summed E-state index contributed by atoms with van der Waals surface area (Å²) in [4.78, 5) is 35.8. The van der Waals surface area contributed by atoms with Crippen LogP contribution in [0.25, 0.3) is 0 Å². The van der Waals surface area contributed by atoms with E-state index in [1.54, 1.807) is 0 Å². The molecule has 3 N–H and O–H groups in total. The minimum Gasteiger partial charge on any atom is -0.438 e. The molecule has 1 aliphatic heterocycles. The molecular formula is C16H23N2O14PS. The van der Waals surface area contributed by atoms with E-state index in [2.05, 4.69) is 23.9 Å². The molecule has 1 aromatic heterocycles. The molecule has 0 amide bonds. The van der Waals surface area contributed by atoms with Crippen molar-refractivity contribution in [2.45, 2.75) is 31.0 Å². The third-order valence-electron chi connectivity index (χ3n) is 4.36. The molecule has 0 aromatic carbocycles. The van der Waals surface area contributed by atoms with Crippen molar-refractivity contribution in [2.75, 3.05) is 34.4 Å². The first kappa shape index (κ1) is 27.9. The fourth-order valence-corrected chi connectivity index (χ4v) is 3.84. The first-order valence-corrected chi connectivity index (χ1v) is 11.1. The molecular weight excluding hydrogens is 507 g/mol. The number of aromatic amines is 1. The highest BCUT2D eigenvalue weighted by atomic mass is 32.1. The lowest BCUT2D eigenvalue weighted by Crippen LogP contribution is -2.44. The molecule has 16 nitrogen and oxygen atoms in total. The van der Waals surface area contributed by atoms with Gasteiger partial charge in [-0.1, -0.05) is 0 Å². The highest BCUT2D eigenvalue weighted by Crippen LogP contribution is 2.50. The number of H-pyrrole nitrogens is 1. The van der Waals surface area contributed by atoms with Crippen molar-refractivity contribution in [1.29, 1.82) is 0 Å². The zero-order chi connectivity index (χ0) is 25.5. The number of nitrogens with one attached hydrogen (secondary N) is 1. The van der Waals surface area contributed by atoms with E-state index >= 15 is 0 Å². The van der Waals surface area contributed by atoms with E-state index in [-0.39, 0.29) is 4.77 Å². The summed E-state index contributed by atoms with van der Waals surface area (Å²) in [5.74, 6) is 0. The standard InChI is InChI=1S/C16H23N2O14PS/c1-16(23)11(20)9(32-12(16)18-5-4-10(19)17-13(18)34)6-29-33(24,30-7-27-14(21)25-2)31-8-28-15(22)26-3/h4-5,9,11-12,20,23H,6-8H2,1-3H3,(H,17,19,34)/t9-,11+,12-,16?/m1/s1. The van der Waals surface area contributed by atoms with Gasteiger partial charge in [0.2, 0.25) is 13.6 Å². The number of aliphatic hydroxyl groups excluding tert-OH is 1. The van der Waals surface area contributed by atoms with Crippen molar-refractivity contribution >= 4 is 32.4 Å². The van der Waals surface area contributed by atoms with Gasteiger partial charge in [0.25, 0.3) is 5.56 Å². The number of carbonyl (C=O) groups excluding carboxylic acids is 2. The number of methoxy groups -OCH3 is 2. The molecule has 1 aromatic rings. The van der Waals surface area contributed by atoms with E-state index < -0.39 is 69.9 Å². The van der Waals surface area contributed by atoms with Gasteiger partial charge in [0.1, 0.15) is 17.8 Å². The second-order valence-electron chi connectivity index (χ2n) is 6.65. The van der Waals surface area contributed by atoms with Gasteiger partial charge in [-0.2, -0.15) is 0 Å². The van der Waals surface area contributed by atoms with Gasteiger partial charge in [0.15, 0.2) is 11.0 Å². The maximum absolute atomic E-state index is 12.8. The fourth-order valence-electron chi connectivity index (χ4n) is 2.66. The highest BCUT2D eigenvalue weighted by Gasteiger charge is 2.53. The van der Waals surface area contributed by atoms with Crippen LogP contribution in [0.1, 0.15) is 13.2 Å². The Hall–Kier alpha value is -2.37. The molecule has 34 heavy (non-hydrogen) atoms. The number of phosphoric acid groups is 1. The molecule has 1 aliphatic rings. The number of aliphatic hydroxyl groups is 2. The van der Waals surface area contributed by atoms with E-state index in [0.717, 1.165) is 20.3 Å². The summed E-state index contributed by atoms with van der Waals surface area (Å²) in [5, 5.41) is 21.3. The van der Waals surface area contributed by atoms with Crippen molar-refractivity contribution in [3.8, 4) is 0 Å². The second kappa shape index (κ2) is 11.9. The largest absolute Gasteiger partial charge is 0.510 e. The van der Waals surface area contributed by atoms with Gasteiger partial charge < -0.3 is 33.9 Å². The summed E-state index contributed by atoms with van der Waals surface area (Å²) in [5.41, 5.74) is -2.42. The molecule has 192 valence electrons. The van der Waals surface area contributed by atoms with Crippen LogP contribution in [0.3, 0.4) is 0 Å². The van der Waals surface area contributed by atoms with Gasteiger partial charge in [-0.05, 0) is 19.1 Å². The number of phosphoric ester groups is 1. The Morgan fingerprint density at radius 1 is 1.21 bits per heavy atom. The predicted molar refractivity (Wildman–Crippen MR) is 109 cm³/mol. The third-order valence-corrected chi connectivity index (χ3v) is 5.99. The van der Waals surface area contributed by atoms with Crippen LogP contribution in [0.15, 0.2) is 17.1 Å². The Kier molecular flexibility index (Phi) is 9.72. The molecule has 18 heteroatoms. The second-order valence-corrected chi connectivity index (χ2v) is 8.70. The molecule has 0 bridgehead atoms. The average molecular weight is 530 g/mol. The van der Waals surface area contributed by atoms with Crippen LogP contribution in [0.2, 0.25) is 0 Å². The van der Waals surface area contributed by atoms with Crippen molar-refractivity contribution in [3.63, 3.8) is 0 Å². The number of aromatic nitrogens is 2. The Labute approximate surface area is 196 Å². The first-order valence-electron chi connectivity index (χ1n) is 9.26. The highest BCUT2D eigenvalue weighted by molar-refractivity contribution is 7.71. The smallest absolute Gasteiger partial charge is 0.438 e. The molecule has 2 heterocycles. The van der Waals surface area contributed by atoms with Crippen LogP contribution in [0.4, 0.5) is 9.59 Å². The molecule has 0 saturated carbocycles. The van der Waals surface area contributed by atoms with Crippen LogP contribution in [0.5, 0.6) is 0 Å². The van der Waals surface area contributed by atoms with Crippen LogP contribution in [-0.2, 0) is 41.8 Å². The summed E-state index contributed by atoms with van der Waals surface area (Å²) in [6, 6.07) is 1.13. The first-order chi connectivity index (χ1) is 15.9. The maximum Gasteiger partial charge on any atom is 0.510 e. The Morgan fingerprint density at radius 2 is 1.76 bits per heavy atom. The Bertz CT molecular complexity index is 999. The lowest BCUT2D eigenvalue weighted by molar-refractivity contribution is -0.0983. The van der Waals surface area contributed by atoms with Gasteiger partial charge in [0.05, 0.1) is 20.8 Å². The summed E-state index contributed by atoms with van der Waals surface area (Å²) in [6.07, 6.45) is -5.25. The fraction of sp³-hybridized carbons (Fsp3) is 0.625. The molecule has 0 spiro atoms. The van der Waals surface area contributed by atoms with Crippen LogP contribution in [-0.4, -0.2) is 84.3 Å². The summed E-state index contributed by atoms with van der Waals surface area (Å²) >= 11 is 5.05. The van der Waals surface area contributed by atoms with E-state index in [4.69, 9.17) is 30.5 Å². The molecule has 1 unspecified atom stereocenters. The summed E-state index contributed by atoms with van der Waals surface area (Å²) in [6.45, 7) is -1.32. The van der Waals surface area contributed by atoms with Crippen molar-refractivity contribution < 1.29 is 61.6 Å². The Balaban J connectivity index is 2.11. The van der Waals surface area contributed by atoms with Gasteiger partial charge in [-0.3, -0.25) is 18.9 Å². The topological polar surface area (TPSA) is 203 Å². The average Bonchev–Trinajstić information content (AvgIpc) is 3.01. The quantitative estimate of drug-likeness (QED) is 0.164. The number of nitrogens with zero attached hydrogens (tertiary/aromatic N) is 1. The third kappa shape index (κ3) is 7.07. The van der Waals surface area contributed by atoms with Crippen molar-refractivity contribution in [2.24, 2.45) is 0 Å². The lowest BCUT2D eigenvalue weighted by Gasteiger charge is -2.28. The molecule has 4 atom stereocenters. The minimum absolute atomic E-state index is 0.0937. The predicted octanol–water partition coefficient (Wildman–Crippen LogP) is 0.554.